The van der Waals surface area contributed by atoms with E-state index in [0.29, 0.717) is 34.9 Å². The van der Waals surface area contributed by atoms with Crippen LogP contribution in [-0.4, -0.2) is 16.7 Å². The van der Waals surface area contributed by atoms with Gasteiger partial charge in [0.15, 0.2) is 16.7 Å². The van der Waals surface area contributed by atoms with Gasteiger partial charge in [-0.05, 0) is 25.8 Å². The third kappa shape index (κ3) is 2.86. The molecule has 0 radical (unpaired) electrons. The third-order valence-corrected chi connectivity index (χ3v) is 5.69. The largest absolute Gasteiger partial charge is 0.455 e. The number of fused-ring (bicyclic) bond motifs is 1. The molecule has 1 aliphatic rings. The summed E-state index contributed by atoms with van der Waals surface area (Å²) < 4.78 is 5.71. The Morgan fingerprint density at radius 1 is 1.19 bits per heavy atom. The van der Waals surface area contributed by atoms with Crippen molar-refractivity contribution in [1.29, 1.82) is 0 Å². The number of hydrogen-bond donors (Lipinski definition) is 1. The Bertz CT molecular complexity index is 1000. The molecule has 1 N–H and O–H groups in total. The lowest BCUT2D eigenvalue weighted by atomic mass is 9.94. The second-order valence-corrected chi connectivity index (χ2v) is 7.38. The number of amides is 1. The summed E-state index contributed by atoms with van der Waals surface area (Å²) >= 11 is 1.43. The molecule has 0 spiro atoms. The molecule has 1 amide bonds. The van der Waals surface area contributed by atoms with Crippen LogP contribution in [0.4, 0.5) is 5.13 Å². The summed E-state index contributed by atoms with van der Waals surface area (Å²) in [5.74, 6) is 0.532. The van der Waals surface area contributed by atoms with E-state index in [-0.39, 0.29) is 17.5 Å². The first-order valence-corrected chi connectivity index (χ1v) is 9.36. The van der Waals surface area contributed by atoms with Crippen molar-refractivity contribution in [3.8, 4) is 10.4 Å². The number of Topliss-reactive ketones (excluding diaryl/α,β-unsaturated/α-hetero) is 1. The van der Waals surface area contributed by atoms with Gasteiger partial charge in [-0.1, -0.05) is 41.7 Å². The fourth-order valence-corrected chi connectivity index (χ4v) is 4.29. The number of nitrogens with zero attached hydrogens (tertiary/aromatic N) is 1. The highest BCUT2D eigenvalue weighted by Gasteiger charge is 2.29. The second-order valence-electron chi connectivity index (χ2n) is 6.38. The second kappa shape index (κ2) is 6.53. The van der Waals surface area contributed by atoms with Crippen molar-refractivity contribution in [2.75, 3.05) is 5.32 Å². The number of aryl methyl sites for hydroxylation is 2. The number of nitrogens with one attached hydrogen (secondary N) is 1. The number of rotatable bonds is 3. The molecular weight excluding hydrogens is 348 g/mol. The maximum Gasteiger partial charge on any atom is 0.293 e. The predicted molar refractivity (Wildman–Crippen MR) is 101 cm³/mol. The summed E-state index contributed by atoms with van der Waals surface area (Å²) in [5.41, 5.74) is 3.14. The number of aromatic nitrogens is 1. The smallest absolute Gasteiger partial charge is 0.293 e. The van der Waals surface area contributed by atoms with Crippen molar-refractivity contribution in [2.24, 2.45) is 0 Å². The Hall–Kier alpha value is -2.73. The lowest BCUT2D eigenvalue weighted by Crippen LogP contribution is -2.13. The van der Waals surface area contributed by atoms with Gasteiger partial charge in [0.05, 0.1) is 16.1 Å². The van der Waals surface area contributed by atoms with Gasteiger partial charge in [-0.15, -0.1) is 0 Å². The molecule has 3 aromatic rings. The summed E-state index contributed by atoms with van der Waals surface area (Å²) in [6.45, 7) is 3.69. The van der Waals surface area contributed by atoms with Gasteiger partial charge < -0.3 is 4.42 Å². The number of benzene rings is 1. The summed E-state index contributed by atoms with van der Waals surface area (Å²) in [7, 11) is 0. The van der Waals surface area contributed by atoms with Crippen molar-refractivity contribution < 1.29 is 14.0 Å². The third-order valence-electron chi connectivity index (χ3n) is 4.57. The monoisotopic (exact) mass is 366 g/mol. The first kappa shape index (κ1) is 16.7. The van der Waals surface area contributed by atoms with Crippen molar-refractivity contribution in [3.63, 3.8) is 0 Å². The van der Waals surface area contributed by atoms with Gasteiger partial charge in [0.1, 0.15) is 5.76 Å². The molecule has 132 valence electrons. The van der Waals surface area contributed by atoms with Crippen LogP contribution in [0.25, 0.3) is 10.4 Å². The molecule has 0 atom stereocenters. The first-order valence-electron chi connectivity index (χ1n) is 8.54. The van der Waals surface area contributed by atoms with Gasteiger partial charge in [-0.2, -0.15) is 0 Å². The number of anilines is 1. The summed E-state index contributed by atoms with van der Waals surface area (Å²) in [6.07, 6.45) is 1.98. The maximum atomic E-state index is 12.7. The molecule has 2 heterocycles. The highest BCUT2D eigenvalue weighted by Crippen LogP contribution is 2.34. The van der Waals surface area contributed by atoms with E-state index < -0.39 is 0 Å². The van der Waals surface area contributed by atoms with Crippen LogP contribution in [0.3, 0.4) is 0 Å². The molecule has 0 unspecified atom stereocenters. The molecule has 4 rings (SSSR count). The zero-order valence-corrected chi connectivity index (χ0v) is 15.4. The topological polar surface area (TPSA) is 72.2 Å². The van der Waals surface area contributed by atoms with E-state index in [1.807, 2.05) is 37.3 Å². The molecule has 6 heteroatoms. The minimum atomic E-state index is -0.363. The van der Waals surface area contributed by atoms with E-state index in [9.17, 15) is 9.59 Å². The molecule has 1 aliphatic carbocycles. The van der Waals surface area contributed by atoms with E-state index in [1.54, 1.807) is 6.92 Å². The molecule has 1 aromatic carbocycles. The zero-order chi connectivity index (χ0) is 18.3. The van der Waals surface area contributed by atoms with Gasteiger partial charge in [0, 0.05) is 18.4 Å². The molecule has 0 saturated carbocycles. The average Bonchev–Trinajstić information content (AvgIpc) is 3.16. The van der Waals surface area contributed by atoms with Crippen LogP contribution < -0.4 is 5.32 Å². The SMILES string of the molecule is Cc1nc(NC(=O)c2oc3c(c2C)C(=O)CCC3)sc1-c1ccccc1. The Morgan fingerprint density at radius 3 is 2.69 bits per heavy atom. The minimum Gasteiger partial charge on any atom is -0.455 e. The zero-order valence-electron chi connectivity index (χ0n) is 14.6. The molecule has 2 aromatic heterocycles. The van der Waals surface area contributed by atoms with E-state index in [0.717, 1.165) is 22.6 Å². The van der Waals surface area contributed by atoms with Gasteiger partial charge in [-0.3, -0.25) is 14.9 Å². The van der Waals surface area contributed by atoms with Crippen LogP contribution in [-0.2, 0) is 6.42 Å². The van der Waals surface area contributed by atoms with Crippen LogP contribution in [0, 0.1) is 13.8 Å². The van der Waals surface area contributed by atoms with E-state index in [1.165, 1.54) is 11.3 Å². The number of carbonyl (C=O) groups is 2. The fourth-order valence-electron chi connectivity index (χ4n) is 3.33. The molecule has 0 bridgehead atoms. The summed E-state index contributed by atoms with van der Waals surface area (Å²) in [5, 5.41) is 3.34. The highest BCUT2D eigenvalue weighted by molar-refractivity contribution is 7.19. The van der Waals surface area contributed by atoms with Crippen LogP contribution in [0.15, 0.2) is 34.7 Å². The number of thiazole rings is 1. The normalized spacial score (nSPS) is 13.5. The van der Waals surface area contributed by atoms with Crippen molar-refractivity contribution in [2.45, 2.75) is 33.1 Å². The van der Waals surface area contributed by atoms with Crippen LogP contribution in [0.5, 0.6) is 0 Å². The quantitative estimate of drug-likeness (QED) is 0.723. The van der Waals surface area contributed by atoms with E-state index in [4.69, 9.17) is 4.42 Å². The standard InChI is InChI=1S/C20H18N2O3S/c1-11-16-14(23)9-6-10-15(16)25-17(11)19(24)22-20-21-12(2)18(26-20)13-7-4-3-5-8-13/h3-5,7-8H,6,9-10H2,1-2H3,(H,21,22,24). The molecule has 0 saturated heterocycles. The number of hydrogen-bond acceptors (Lipinski definition) is 5. The lowest BCUT2D eigenvalue weighted by Gasteiger charge is -2.07. The van der Waals surface area contributed by atoms with E-state index >= 15 is 0 Å². The molecule has 0 fully saturated rings. The van der Waals surface area contributed by atoms with Crippen LogP contribution in [0.1, 0.15) is 50.8 Å². The van der Waals surface area contributed by atoms with Crippen molar-refractivity contribution >= 4 is 28.2 Å². The van der Waals surface area contributed by atoms with Gasteiger partial charge in [-0.25, -0.2) is 4.98 Å². The van der Waals surface area contributed by atoms with E-state index in [2.05, 4.69) is 10.3 Å². The van der Waals surface area contributed by atoms with Crippen LogP contribution in [0.2, 0.25) is 0 Å². The Balaban J connectivity index is 1.61. The molecule has 0 aliphatic heterocycles. The summed E-state index contributed by atoms with van der Waals surface area (Å²) in [4.78, 5) is 30.2. The summed E-state index contributed by atoms with van der Waals surface area (Å²) in [6, 6.07) is 9.94. The average molecular weight is 366 g/mol. The number of ketones is 1. The number of furan rings is 1. The Labute approximate surface area is 155 Å². The van der Waals surface area contributed by atoms with Crippen LogP contribution >= 0.6 is 11.3 Å². The van der Waals surface area contributed by atoms with Gasteiger partial charge >= 0.3 is 0 Å². The van der Waals surface area contributed by atoms with Gasteiger partial charge in [0.25, 0.3) is 5.91 Å². The first-order chi connectivity index (χ1) is 12.5. The maximum absolute atomic E-state index is 12.7. The molecular formula is C20H18N2O3S. The Morgan fingerprint density at radius 2 is 1.96 bits per heavy atom. The minimum absolute atomic E-state index is 0.0583. The fraction of sp³-hybridized carbons (Fsp3) is 0.250. The predicted octanol–water partition coefficient (Wildman–Crippen LogP) is 4.79. The van der Waals surface area contributed by atoms with Crippen molar-refractivity contribution in [1.82, 2.24) is 4.98 Å². The van der Waals surface area contributed by atoms with Crippen molar-refractivity contribution in [3.05, 3.63) is 58.7 Å². The Kier molecular flexibility index (Phi) is 4.20. The van der Waals surface area contributed by atoms with Gasteiger partial charge in [0.2, 0.25) is 0 Å². The lowest BCUT2D eigenvalue weighted by molar-refractivity contribution is 0.0963. The highest BCUT2D eigenvalue weighted by atomic mass is 32.1. The molecule has 26 heavy (non-hydrogen) atoms. The molecule has 5 nitrogen and oxygen atoms in total. The number of carbonyl (C=O) groups excluding carboxylic acids is 2.